The average molecular weight is 329 g/mol. The first-order valence-electron chi connectivity index (χ1n) is 7.94. The maximum absolute atomic E-state index is 12.7. The van der Waals surface area contributed by atoms with Crippen molar-refractivity contribution in [2.24, 2.45) is 0 Å². The summed E-state index contributed by atoms with van der Waals surface area (Å²) in [6.07, 6.45) is 2.66. The average Bonchev–Trinajstić information content (AvgIpc) is 3.10. The van der Waals surface area contributed by atoms with Crippen molar-refractivity contribution < 1.29 is 9.53 Å². The molecule has 2 aliphatic rings. The zero-order chi connectivity index (χ0) is 15.6. The van der Waals surface area contributed by atoms with Crippen LogP contribution in [0, 0.1) is 0 Å². The fourth-order valence-electron chi connectivity index (χ4n) is 3.10. The monoisotopic (exact) mass is 329 g/mol. The summed E-state index contributed by atoms with van der Waals surface area (Å²) < 4.78 is 5.36. The minimum Gasteiger partial charge on any atom is -0.378 e. The van der Waals surface area contributed by atoms with Gasteiger partial charge in [0.05, 0.1) is 18.8 Å². The van der Waals surface area contributed by atoms with Crippen LogP contribution in [0.5, 0.6) is 0 Å². The van der Waals surface area contributed by atoms with Crippen molar-refractivity contribution in [2.45, 2.75) is 13.0 Å². The van der Waals surface area contributed by atoms with Gasteiger partial charge in [0.2, 0.25) is 0 Å². The van der Waals surface area contributed by atoms with Crippen LogP contribution in [0.25, 0.3) is 0 Å². The van der Waals surface area contributed by atoms with E-state index < -0.39 is 0 Å². The molecule has 0 N–H and O–H groups in total. The molecule has 23 heavy (non-hydrogen) atoms. The number of carbonyl (C=O) groups is 1. The SMILES string of the molecule is O=C(c1ccc(N2CCOCC2)nc1)N1CCc2sccc2C1. The lowest BCUT2D eigenvalue weighted by Crippen LogP contribution is -2.37. The van der Waals surface area contributed by atoms with Crippen LogP contribution in [0.2, 0.25) is 0 Å². The number of fused-ring (bicyclic) bond motifs is 1. The number of hydrogen-bond acceptors (Lipinski definition) is 5. The number of thiophene rings is 1. The molecular weight excluding hydrogens is 310 g/mol. The molecule has 0 aliphatic carbocycles. The van der Waals surface area contributed by atoms with E-state index in [9.17, 15) is 4.79 Å². The highest BCUT2D eigenvalue weighted by Crippen LogP contribution is 2.25. The Hall–Kier alpha value is -1.92. The predicted molar refractivity (Wildman–Crippen MR) is 90.0 cm³/mol. The number of hydrogen-bond donors (Lipinski definition) is 0. The molecule has 0 atom stereocenters. The van der Waals surface area contributed by atoms with Crippen molar-refractivity contribution in [2.75, 3.05) is 37.7 Å². The molecule has 2 aliphatic heterocycles. The fourth-order valence-corrected chi connectivity index (χ4v) is 3.99. The zero-order valence-electron chi connectivity index (χ0n) is 12.9. The van der Waals surface area contributed by atoms with E-state index in [2.05, 4.69) is 21.3 Å². The summed E-state index contributed by atoms with van der Waals surface area (Å²) in [5.41, 5.74) is 1.95. The molecule has 2 aromatic heterocycles. The number of pyridine rings is 1. The quantitative estimate of drug-likeness (QED) is 0.847. The smallest absolute Gasteiger partial charge is 0.255 e. The molecule has 1 saturated heterocycles. The Morgan fingerprint density at radius 3 is 2.83 bits per heavy atom. The van der Waals surface area contributed by atoms with Gasteiger partial charge in [-0.25, -0.2) is 4.98 Å². The van der Waals surface area contributed by atoms with Gasteiger partial charge in [0.25, 0.3) is 5.91 Å². The standard InChI is InChI=1S/C17H19N3O2S/c21-17(20-5-3-15-14(12-20)4-10-23-15)13-1-2-16(18-11-13)19-6-8-22-9-7-19/h1-2,4,10-11H,3,5-9,12H2. The summed E-state index contributed by atoms with van der Waals surface area (Å²) in [7, 11) is 0. The van der Waals surface area contributed by atoms with E-state index in [4.69, 9.17) is 4.74 Å². The van der Waals surface area contributed by atoms with Gasteiger partial charge in [-0.2, -0.15) is 0 Å². The van der Waals surface area contributed by atoms with E-state index in [1.807, 2.05) is 17.0 Å². The van der Waals surface area contributed by atoms with Crippen molar-refractivity contribution in [3.8, 4) is 0 Å². The van der Waals surface area contributed by atoms with Crippen LogP contribution >= 0.6 is 11.3 Å². The largest absolute Gasteiger partial charge is 0.378 e. The summed E-state index contributed by atoms with van der Waals surface area (Å²) in [6, 6.07) is 5.96. The normalized spacial score (nSPS) is 17.9. The van der Waals surface area contributed by atoms with Crippen LogP contribution < -0.4 is 4.90 Å². The lowest BCUT2D eigenvalue weighted by atomic mass is 10.1. The number of nitrogens with zero attached hydrogens (tertiary/aromatic N) is 3. The van der Waals surface area contributed by atoms with E-state index in [1.54, 1.807) is 17.5 Å². The molecule has 0 spiro atoms. The van der Waals surface area contributed by atoms with Gasteiger partial charge < -0.3 is 14.5 Å². The molecule has 6 heteroatoms. The number of rotatable bonds is 2. The summed E-state index contributed by atoms with van der Waals surface area (Å²) in [5, 5.41) is 2.11. The van der Waals surface area contributed by atoms with E-state index in [0.29, 0.717) is 12.1 Å². The molecule has 120 valence electrons. The van der Waals surface area contributed by atoms with Crippen LogP contribution in [0.15, 0.2) is 29.8 Å². The van der Waals surface area contributed by atoms with E-state index in [-0.39, 0.29) is 5.91 Å². The van der Waals surface area contributed by atoms with Crippen molar-refractivity contribution in [3.05, 3.63) is 45.8 Å². The fraction of sp³-hybridized carbons (Fsp3) is 0.412. The van der Waals surface area contributed by atoms with Gasteiger partial charge in [-0.3, -0.25) is 4.79 Å². The lowest BCUT2D eigenvalue weighted by molar-refractivity contribution is 0.0735. The third-order valence-corrected chi connectivity index (χ3v) is 5.45. The lowest BCUT2D eigenvalue weighted by Gasteiger charge is -2.28. The topological polar surface area (TPSA) is 45.7 Å². The first kappa shape index (κ1) is 14.7. The summed E-state index contributed by atoms with van der Waals surface area (Å²) in [6.45, 7) is 4.68. The summed E-state index contributed by atoms with van der Waals surface area (Å²) in [4.78, 5) is 22.7. The van der Waals surface area contributed by atoms with Crippen molar-refractivity contribution in [1.29, 1.82) is 0 Å². The summed E-state index contributed by atoms with van der Waals surface area (Å²) >= 11 is 1.79. The first-order chi connectivity index (χ1) is 11.3. The maximum Gasteiger partial charge on any atom is 0.255 e. The van der Waals surface area contributed by atoms with Crippen LogP contribution in [0.3, 0.4) is 0 Å². The molecule has 2 aromatic rings. The molecule has 4 heterocycles. The molecular formula is C17H19N3O2S. The number of aromatic nitrogens is 1. The third-order valence-electron chi connectivity index (χ3n) is 4.42. The molecule has 1 amide bonds. The van der Waals surface area contributed by atoms with Gasteiger partial charge in [0, 0.05) is 37.3 Å². The van der Waals surface area contributed by atoms with Gasteiger partial charge in [0.1, 0.15) is 5.82 Å². The Balaban J connectivity index is 1.46. The summed E-state index contributed by atoms with van der Waals surface area (Å²) in [5.74, 6) is 0.992. The van der Waals surface area contributed by atoms with Crippen LogP contribution in [0.1, 0.15) is 20.8 Å². The predicted octanol–water partition coefficient (Wildman–Crippen LogP) is 2.18. The van der Waals surface area contributed by atoms with Crippen molar-refractivity contribution in [1.82, 2.24) is 9.88 Å². The third kappa shape index (κ3) is 2.96. The Labute approximate surface area is 139 Å². The minimum absolute atomic E-state index is 0.0721. The van der Waals surface area contributed by atoms with Crippen molar-refractivity contribution in [3.63, 3.8) is 0 Å². The van der Waals surface area contributed by atoms with Gasteiger partial charge >= 0.3 is 0 Å². The molecule has 5 nitrogen and oxygen atoms in total. The Morgan fingerprint density at radius 2 is 2.04 bits per heavy atom. The molecule has 0 aromatic carbocycles. The van der Waals surface area contributed by atoms with Crippen LogP contribution in [-0.2, 0) is 17.7 Å². The molecule has 1 fully saturated rings. The molecule has 0 radical (unpaired) electrons. The first-order valence-corrected chi connectivity index (χ1v) is 8.82. The van der Waals surface area contributed by atoms with Gasteiger partial charge in [0.15, 0.2) is 0 Å². The van der Waals surface area contributed by atoms with Crippen molar-refractivity contribution >= 4 is 23.1 Å². The molecule has 4 rings (SSSR count). The number of ether oxygens (including phenoxy) is 1. The number of carbonyl (C=O) groups excluding carboxylic acids is 1. The van der Waals surface area contributed by atoms with Crippen LogP contribution in [0.4, 0.5) is 5.82 Å². The second kappa shape index (κ2) is 6.29. The number of morpholine rings is 1. The highest BCUT2D eigenvalue weighted by molar-refractivity contribution is 7.10. The number of amides is 1. The highest BCUT2D eigenvalue weighted by Gasteiger charge is 2.23. The van der Waals surface area contributed by atoms with Gasteiger partial charge in [-0.05, 0) is 35.6 Å². The zero-order valence-corrected chi connectivity index (χ0v) is 13.7. The molecule has 0 bridgehead atoms. The Morgan fingerprint density at radius 1 is 1.17 bits per heavy atom. The second-order valence-electron chi connectivity index (χ2n) is 5.85. The van der Waals surface area contributed by atoms with E-state index >= 15 is 0 Å². The Kier molecular flexibility index (Phi) is 4.01. The number of anilines is 1. The van der Waals surface area contributed by atoms with E-state index in [1.165, 1.54) is 10.4 Å². The molecule has 0 unspecified atom stereocenters. The van der Waals surface area contributed by atoms with E-state index in [0.717, 1.165) is 45.1 Å². The molecule has 0 saturated carbocycles. The minimum atomic E-state index is 0.0721. The maximum atomic E-state index is 12.7. The second-order valence-corrected chi connectivity index (χ2v) is 6.85. The highest BCUT2D eigenvalue weighted by atomic mass is 32.1. The van der Waals surface area contributed by atoms with Gasteiger partial charge in [-0.15, -0.1) is 11.3 Å². The van der Waals surface area contributed by atoms with Gasteiger partial charge in [-0.1, -0.05) is 0 Å². The van der Waals surface area contributed by atoms with Crippen LogP contribution in [-0.4, -0.2) is 48.6 Å². The Bertz CT molecular complexity index is 692.